The number of fused-ring (bicyclic) bond motifs is 1. The third-order valence-corrected chi connectivity index (χ3v) is 11.0. The molecule has 4 aliphatic heterocycles. The summed E-state index contributed by atoms with van der Waals surface area (Å²) in [5, 5.41) is 13.0. The molecule has 0 radical (unpaired) electrons. The molecule has 3 fully saturated rings. The van der Waals surface area contributed by atoms with E-state index in [1.165, 1.54) is 6.08 Å². The zero-order chi connectivity index (χ0) is 36.3. The van der Waals surface area contributed by atoms with Crippen LogP contribution in [0.15, 0.2) is 59.3 Å². The fourth-order valence-electron chi connectivity index (χ4n) is 7.58. The lowest BCUT2D eigenvalue weighted by atomic mass is 9.91. The third-order valence-electron chi connectivity index (χ3n) is 10.5. The van der Waals surface area contributed by atoms with Gasteiger partial charge < -0.3 is 39.5 Å². The second kappa shape index (κ2) is 18.6. The summed E-state index contributed by atoms with van der Waals surface area (Å²) in [5.74, 6) is -0.0316. The van der Waals surface area contributed by atoms with E-state index in [1.807, 2.05) is 36.1 Å². The molecule has 278 valence electrons. The second-order valence-electron chi connectivity index (χ2n) is 13.8. The number of rotatable bonds is 11. The molecular weight excluding hydrogens is 718 g/mol. The summed E-state index contributed by atoms with van der Waals surface area (Å²) >= 11 is 3.14. The molecule has 5 rings (SSSR count). The molecule has 12 nitrogen and oxygen atoms in total. The number of halogens is 1. The maximum absolute atomic E-state index is 13.9. The van der Waals surface area contributed by atoms with E-state index in [2.05, 4.69) is 32.7 Å². The molecule has 0 spiro atoms. The number of anilines is 1. The van der Waals surface area contributed by atoms with Crippen LogP contribution in [0.5, 0.6) is 0 Å². The zero-order valence-electron chi connectivity index (χ0n) is 29.6. The Labute approximate surface area is 309 Å². The molecule has 0 unspecified atom stereocenters. The number of urea groups is 1. The fourth-order valence-corrected chi connectivity index (χ4v) is 7.71. The topological polar surface area (TPSA) is 132 Å². The number of nitrogens with zero attached hydrogens (tertiary/aromatic N) is 4. The van der Waals surface area contributed by atoms with E-state index in [9.17, 15) is 24.3 Å². The summed E-state index contributed by atoms with van der Waals surface area (Å²) in [5.41, 5.74) is 1.95. The van der Waals surface area contributed by atoms with Crippen molar-refractivity contribution in [2.45, 2.75) is 82.9 Å². The third kappa shape index (κ3) is 10.6. The Kier molecular flexibility index (Phi) is 14.0. The zero-order valence-corrected chi connectivity index (χ0v) is 31.2. The van der Waals surface area contributed by atoms with Crippen LogP contribution in [-0.2, 0) is 25.5 Å². The lowest BCUT2D eigenvalue weighted by Gasteiger charge is -2.42. The number of likely N-dealkylation sites (tertiary alicyclic amines) is 3. The van der Waals surface area contributed by atoms with Crippen LogP contribution in [0.1, 0.15) is 63.9 Å². The minimum atomic E-state index is -1.01. The van der Waals surface area contributed by atoms with Gasteiger partial charge in [-0.05, 0) is 105 Å². The number of nitrogens with one attached hydrogen (secondary N) is 1. The average molecular weight is 771 g/mol. The van der Waals surface area contributed by atoms with E-state index in [4.69, 9.17) is 9.47 Å². The van der Waals surface area contributed by atoms with Gasteiger partial charge in [0.2, 0.25) is 0 Å². The van der Waals surface area contributed by atoms with E-state index >= 15 is 0 Å². The Hall–Kier alpha value is -3.84. The van der Waals surface area contributed by atoms with Gasteiger partial charge in [0.1, 0.15) is 5.76 Å². The first-order chi connectivity index (χ1) is 24.6. The fraction of sp³-hybridized carbons (Fsp3) is 0.579. The SMILES string of the molecule is C=C(Br)/C(O)=C\C=C\C[C@@H](OC(=O)N1CCC(N2CCc3ccccc3NC2=O)CC1)C(=O)N1CCC(N2CCC(CC(=O)OCC)CC2)CC1. The minimum Gasteiger partial charge on any atom is -0.507 e. The number of ether oxygens (including phenoxy) is 2. The number of piperidine rings is 3. The second-order valence-corrected chi connectivity index (χ2v) is 14.7. The average Bonchev–Trinajstić information content (AvgIpc) is 3.31. The van der Waals surface area contributed by atoms with Crippen LogP contribution in [0, 0.1) is 5.92 Å². The number of aliphatic hydroxyl groups is 1. The van der Waals surface area contributed by atoms with Crippen molar-refractivity contribution in [3.8, 4) is 0 Å². The molecule has 4 aliphatic rings. The van der Waals surface area contributed by atoms with E-state index in [-0.39, 0.29) is 36.1 Å². The first kappa shape index (κ1) is 38.4. The van der Waals surface area contributed by atoms with Crippen molar-refractivity contribution in [3.05, 3.63) is 64.9 Å². The van der Waals surface area contributed by atoms with Gasteiger partial charge in [-0.2, -0.15) is 0 Å². The first-order valence-electron chi connectivity index (χ1n) is 18.3. The van der Waals surface area contributed by atoms with Crippen LogP contribution in [-0.4, -0.2) is 119 Å². The highest BCUT2D eigenvalue weighted by molar-refractivity contribution is 9.11. The molecule has 0 aromatic heterocycles. The quantitative estimate of drug-likeness (QED) is 0.159. The molecule has 2 N–H and O–H groups in total. The van der Waals surface area contributed by atoms with Gasteiger partial charge in [-0.3, -0.25) is 9.59 Å². The molecule has 0 saturated carbocycles. The van der Waals surface area contributed by atoms with Crippen molar-refractivity contribution in [2.75, 3.05) is 57.7 Å². The van der Waals surface area contributed by atoms with Crippen molar-refractivity contribution < 1.29 is 33.8 Å². The van der Waals surface area contributed by atoms with Gasteiger partial charge in [-0.25, -0.2) is 9.59 Å². The largest absolute Gasteiger partial charge is 0.507 e. The Morgan fingerprint density at radius 2 is 1.65 bits per heavy atom. The number of allylic oxidation sites excluding steroid dienone is 3. The Morgan fingerprint density at radius 1 is 0.980 bits per heavy atom. The van der Waals surface area contributed by atoms with Gasteiger partial charge in [0, 0.05) is 63.3 Å². The standard InChI is InChI=1S/C38H52BrN5O7/c1-3-50-35(46)26-28-12-19-41(20-13-28)30-15-21-42(22-16-30)36(47)34(11-7-6-10-33(45)27(2)39)51-38(49)43-23-17-31(18-24-43)44-25-14-29-8-4-5-9-32(29)40-37(44)48/h4-10,28,30-31,34,45H,2-3,11-26H2,1H3,(H,40,48)/b7-6+,33-10+/t34-/m1/s1. The summed E-state index contributed by atoms with van der Waals surface area (Å²) < 4.78 is 11.4. The maximum atomic E-state index is 13.9. The Morgan fingerprint density at radius 3 is 2.33 bits per heavy atom. The molecule has 1 atom stereocenters. The summed E-state index contributed by atoms with van der Waals surface area (Å²) in [4.78, 5) is 60.1. The molecule has 0 bridgehead atoms. The highest BCUT2D eigenvalue weighted by Crippen LogP contribution is 2.28. The first-order valence-corrected chi connectivity index (χ1v) is 19.1. The van der Waals surface area contributed by atoms with Gasteiger partial charge in [0.15, 0.2) is 6.10 Å². The van der Waals surface area contributed by atoms with Crippen LogP contribution in [0.2, 0.25) is 0 Å². The van der Waals surface area contributed by atoms with Crippen molar-refractivity contribution in [1.29, 1.82) is 0 Å². The molecule has 4 heterocycles. The number of carbonyl (C=O) groups excluding carboxylic acids is 4. The number of hydrogen-bond donors (Lipinski definition) is 2. The van der Waals surface area contributed by atoms with Gasteiger partial charge in [0.05, 0.1) is 11.1 Å². The highest BCUT2D eigenvalue weighted by atomic mass is 79.9. The van der Waals surface area contributed by atoms with E-state index < -0.39 is 12.2 Å². The van der Waals surface area contributed by atoms with Crippen molar-refractivity contribution in [3.63, 3.8) is 0 Å². The van der Waals surface area contributed by atoms with Crippen LogP contribution < -0.4 is 5.32 Å². The van der Waals surface area contributed by atoms with Crippen molar-refractivity contribution in [1.82, 2.24) is 19.6 Å². The molecule has 1 aromatic carbocycles. The van der Waals surface area contributed by atoms with E-state index in [0.717, 1.165) is 56.4 Å². The molecule has 0 aliphatic carbocycles. The Bertz CT molecular complexity index is 1460. The number of hydrogen-bond acceptors (Lipinski definition) is 8. The number of para-hydroxylation sites is 1. The summed E-state index contributed by atoms with van der Waals surface area (Å²) in [6.07, 6.45) is 9.44. The van der Waals surface area contributed by atoms with E-state index in [0.29, 0.717) is 75.0 Å². The van der Waals surface area contributed by atoms with Crippen LogP contribution in [0.4, 0.5) is 15.3 Å². The lowest BCUT2D eigenvalue weighted by Crippen LogP contribution is -2.52. The predicted molar refractivity (Wildman–Crippen MR) is 198 cm³/mol. The maximum Gasteiger partial charge on any atom is 0.410 e. The number of benzene rings is 1. The summed E-state index contributed by atoms with van der Waals surface area (Å²) in [7, 11) is 0. The monoisotopic (exact) mass is 769 g/mol. The number of carbonyl (C=O) groups is 4. The summed E-state index contributed by atoms with van der Waals surface area (Å²) in [6.45, 7) is 10.3. The minimum absolute atomic E-state index is 0.00275. The van der Waals surface area contributed by atoms with Gasteiger partial charge in [0.25, 0.3) is 5.91 Å². The molecule has 13 heteroatoms. The molecule has 3 saturated heterocycles. The van der Waals surface area contributed by atoms with Gasteiger partial charge >= 0.3 is 18.1 Å². The molecule has 1 aromatic rings. The summed E-state index contributed by atoms with van der Waals surface area (Å²) in [6, 6.07) is 8.08. The van der Waals surface area contributed by atoms with Crippen molar-refractivity contribution >= 4 is 45.6 Å². The van der Waals surface area contributed by atoms with Crippen molar-refractivity contribution in [2.24, 2.45) is 5.92 Å². The number of aliphatic hydroxyl groups excluding tert-OH is 1. The normalized spacial score (nSPS) is 20.8. The van der Waals surface area contributed by atoms with Gasteiger partial charge in [-0.15, -0.1) is 0 Å². The smallest absolute Gasteiger partial charge is 0.410 e. The highest BCUT2D eigenvalue weighted by Gasteiger charge is 2.36. The van der Waals surface area contributed by atoms with Gasteiger partial charge in [-0.1, -0.05) is 36.9 Å². The van der Waals surface area contributed by atoms with Crippen LogP contribution in [0.25, 0.3) is 0 Å². The molecular formula is C38H52BrN5O7. The van der Waals surface area contributed by atoms with Crippen LogP contribution in [0.3, 0.4) is 0 Å². The van der Waals surface area contributed by atoms with Crippen LogP contribution >= 0.6 is 15.9 Å². The molecule has 4 amide bonds. The molecule has 51 heavy (non-hydrogen) atoms. The number of esters is 1. The predicted octanol–water partition coefficient (Wildman–Crippen LogP) is 6.00. The number of amides is 4. The Balaban J connectivity index is 1.13. The lowest BCUT2D eigenvalue weighted by molar-refractivity contribution is -0.144. The van der Waals surface area contributed by atoms with E-state index in [1.54, 1.807) is 22.0 Å².